The predicted octanol–water partition coefficient (Wildman–Crippen LogP) is 3.00. The highest BCUT2D eigenvalue weighted by Crippen LogP contribution is 2.34. The summed E-state index contributed by atoms with van der Waals surface area (Å²) in [7, 11) is 0. The lowest BCUT2D eigenvalue weighted by Crippen LogP contribution is -2.16. The Bertz CT molecular complexity index is 377. The van der Waals surface area contributed by atoms with Crippen LogP contribution < -0.4 is 0 Å². The highest BCUT2D eigenvalue weighted by atomic mass is 16.4. The van der Waals surface area contributed by atoms with Crippen molar-refractivity contribution in [1.82, 2.24) is 0 Å². The lowest BCUT2D eigenvalue weighted by atomic mass is 9.82. The van der Waals surface area contributed by atoms with E-state index in [4.69, 9.17) is 5.11 Å². The smallest absolute Gasteiger partial charge is 0.335 e. The molecule has 0 amide bonds. The minimum Gasteiger partial charge on any atom is -0.478 e. The van der Waals surface area contributed by atoms with Crippen LogP contribution in [0.25, 0.3) is 0 Å². The largest absolute Gasteiger partial charge is 0.478 e. The first-order valence-electron chi connectivity index (χ1n) is 6.20. The van der Waals surface area contributed by atoms with Crippen LogP contribution in [0.3, 0.4) is 0 Å². The number of aliphatic hydroxyl groups is 1. The van der Waals surface area contributed by atoms with Gasteiger partial charge in [0.15, 0.2) is 0 Å². The molecular weight excluding hydrogens is 216 g/mol. The summed E-state index contributed by atoms with van der Waals surface area (Å²) in [6.07, 6.45) is 5.34. The number of carboxylic acids is 1. The molecule has 3 heteroatoms. The summed E-state index contributed by atoms with van der Waals surface area (Å²) in [5.74, 6) is -0.594. The SMILES string of the molecule is O=C(O)c1ccc(C(O)C2CCCCC2)cc1. The lowest BCUT2D eigenvalue weighted by molar-refractivity contribution is 0.0695. The minimum absolute atomic E-state index is 0.268. The summed E-state index contributed by atoms with van der Waals surface area (Å²) in [6, 6.07) is 6.57. The molecule has 1 aromatic rings. The van der Waals surface area contributed by atoms with Crippen LogP contribution in [-0.2, 0) is 0 Å². The van der Waals surface area contributed by atoms with Crippen LogP contribution in [-0.4, -0.2) is 16.2 Å². The van der Waals surface area contributed by atoms with E-state index in [2.05, 4.69) is 0 Å². The van der Waals surface area contributed by atoms with E-state index < -0.39 is 12.1 Å². The Kier molecular flexibility index (Phi) is 3.79. The van der Waals surface area contributed by atoms with E-state index in [1.165, 1.54) is 19.3 Å². The standard InChI is InChI=1S/C14H18O3/c15-13(10-4-2-1-3-5-10)11-6-8-12(9-7-11)14(16)17/h6-10,13,15H,1-5H2,(H,16,17). The lowest BCUT2D eigenvalue weighted by Gasteiger charge is -2.26. The molecule has 1 aromatic carbocycles. The zero-order valence-electron chi connectivity index (χ0n) is 9.80. The van der Waals surface area contributed by atoms with Gasteiger partial charge in [-0.15, -0.1) is 0 Å². The van der Waals surface area contributed by atoms with Crippen molar-refractivity contribution in [2.75, 3.05) is 0 Å². The topological polar surface area (TPSA) is 57.5 Å². The molecule has 2 N–H and O–H groups in total. The number of aromatic carboxylic acids is 1. The van der Waals surface area contributed by atoms with Crippen LogP contribution in [0.4, 0.5) is 0 Å². The Labute approximate surface area is 101 Å². The maximum absolute atomic E-state index is 10.7. The summed E-state index contributed by atoms with van der Waals surface area (Å²) in [5.41, 5.74) is 1.10. The van der Waals surface area contributed by atoms with Crippen LogP contribution in [0.15, 0.2) is 24.3 Å². The predicted molar refractivity (Wildman–Crippen MR) is 64.9 cm³/mol. The third kappa shape index (κ3) is 2.86. The number of aliphatic hydroxyl groups excluding tert-OH is 1. The maximum Gasteiger partial charge on any atom is 0.335 e. The van der Waals surface area contributed by atoms with Gasteiger partial charge in [-0.1, -0.05) is 31.4 Å². The quantitative estimate of drug-likeness (QED) is 0.845. The molecule has 1 unspecified atom stereocenters. The highest BCUT2D eigenvalue weighted by Gasteiger charge is 2.22. The summed E-state index contributed by atoms with van der Waals surface area (Å²) in [6.45, 7) is 0. The average molecular weight is 234 g/mol. The van der Waals surface area contributed by atoms with Crippen LogP contribution in [0, 0.1) is 5.92 Å². The van der Waals surface area contributed by atoms with Gasteiger partial charge in [0.2, 0.25) is 0 Å². The number of carboxylic acid groups (broad SMARTS) is 1. The van der Waals surface area contributed by atoms with Gasteiger partial charge < -0.3 is 10.2 Å². The van der Waals surface area contributed by atoms with Crippen LogP contribution in [0.5, 0.6) is 0 Å². The van der Waals surface area contributed by atoms with Gasteiger partial charge in [0, 0.05) is 0 Å². The van der Waals surface area contributed by atoms with Crippen LogP contribution in [0.1, 0.15) is 54.1 Å². The van der Waals surface area contributed by atoms with Crippen molar-refractivity contribution < 1.29 is 15.0 Å². The summed E-state index contributed by atoms with van der Waals surface area (Å²) >= 11 is 0. The number of benzene rings is 1. The molecular formula is C14H18O3. The van der Waals surface area contributed by atoms with Crippen molar-refractivity contribution in [3.8, 4) is 0 Å². The van der Waals surface area contributed by atoms with Gasteiger partial charge in [-0.25, -0.2) is 4.79 Å². The van der Waals surface area contributed by atoms with Crippen LogP contribution >= 0.6 is 0 Å². The monoisotopic (exact) mass is 234 g/mol. The first kappa shape index (κ1) is 12.1. The van der Waals surface area contributed by atoms with E-state index in [-0.39, 0.29) is 5.56 Å². The van der Waals surface area contributed by atoms with E-state index >= 15 is 0 Å². The highest BCUT2D eigenvalue weighted by molar-refractivity contribution is 5.87. The second-order valence-corrected chi connectivity index (χ2v) is 4.77. The Balaban J connectivity index is 2.07. The summed E-state index contributed by atoms with van der Waals surface area (Å²) < 4.78 is 0. The molecule has 2 rings (SSSR count). The van der Waals surface area contributed by atoms with Crippen molar-refractivity contribution in [2.24, 2.45) is 5.92 Å². The fourth-order valence-corrected chi connectivity index (χ4v) is 2.54. The molecule has 0 bridgehead atoms. The zero-order chi connectivity index (χ0) is 12.3. The number of hydrogen-bond donors (Lipinski definition) is 2. The molecule has 1 saturated carbocycles. The molecule has 92 valence electrons. The molecule has 0 spiro atoms. The fourth-order valence-electron chi connectivity index (χ4n) is 2.54. The van der Waals surface area contributed by atoms with E-state index in [1.807, 2.05) is 0 Å². The number of rotatable bonds is 3. The average Bonchev–Trinajstić information content (AvgIpc) is 2.39. The van der Waals surface area contributed by atoms with Gasteiger partial charge in [-0.3, -0.25) is 0 Å². The normalized spacial score (nSPS) is 18.9. The van der Waals surface area contributed by atoms with E-state index in [0.29, 0.717) is 5.92 Å². The number of hydrogen-bond acceptors (Lipinski definition) is 2. The maximum atomic E-state index is 10.7. The Morgan fingerprint density at radius 1 is 1.12 bits per heavy atom. The van der Waals surface area contributed by atoms with Gasteiger partial charge in [0.25, 0.3) is 0 Å². The van der Waals surface area contributed by atoms with E-state index in [0.717, 1.165) is 18.4 Å². The van der Waals surface area contributed by atoms with Gasteiger partial charge in [-0.05, 0) is 36.5 Å². The molecule has 17 heavy (non-hydrogen) atoms. The van der Waals surface area contributed by atoms with Gasteiger partial charge >= 0.3 is 5.97 Å². The molecule has 3 nitrogen and oxygen atoms in total. The second-order valence-electron chi connectivity index (χ2n) is 4.77. The van der Waals surface area contributed by atoms with E-state index in [9.17, 15) is 9.90 Å². The molecule has 0 saturated heterocycles. The Hall–Kier alpha value is -1.35. The molecule has 1 aliphatic carbocycles. The molecule has 1 atom stereocenters. The Morgan fingerprint density at radius 3 is 2.24 bits per heavy atom. The first-order valence-corrected chi connectivity index (χ1v) is 6.20. The van der Waals surface area contributed by atoms with E-state index in [1.54, 1.807) is 24.3 Å². The summed E-state index contributed by atoms with van der Waals surface area (Å²) in [4.78, 5) is 10.7. The number of carbonyl (C=O) groups is 1. The van der Waals surface area contributed by atoms with Crippen molar-refractivity contribution in [3.05, 3.63) is 35.4 Å². The minimum atomic E-state index is -0.927. The molecule has 0 radical (unpaired) electrons. The molecule has 1 aliphatic rings. The zero-order valence-corrected chi connectivity index (χ0v) is 9.80. The van der Waals surface area contributed by atoms with Crippen molar-refractivity contribution in [3.63, 3.8) is 0 Å². The molecule has 0 aliphatic heterocycles. The molecule has 1 fully saturated rings. The third-order valence-electron chi connectivity index (χ3n) is 3.60. The Morgan fingerprint density at radius 2 is 1.71 bits per heavy atom. The van der Waals surface area contributed by atoms with Crippen molar-refractivity contribution >= 4 is 5.97 Å². The molecule has 0 aromatic heterocycles. The first-order chi connectivity index (χ1) is 8.18. The second kappa shape index (κ2) is 5.32. The van der Waals surface area contributed by atoms with Crippen LogP contribution in [0.2, 0.25) is 0 Å². The van der Waals surface area contributed by atoms with Gasteiger partial charge in [0.05, 0.1) is 11.7 Å². The van der Waals surface area contributed by atoms with Crippen molar-refractivity contribution in [2.45, 2.75) is 38.2 Å². The summed E-state index contributed by atoms with van der Waals surface area (Å²) in [5, 5.41) is 19.0. The molecule has 0 heterocycles. The fraction of sp³-hybridized carbons (Fsp3) is 0.500. The van der Waals surface area contributed by atoms with Gasteiger partial charge in [0.1, 0.15) is 0 Å². The van der Waals surface area contributed by atoms with Gasteiger partial charge in [-0.2, -0.15) is 0 Å². The van der Waals surface area contributed by atoms with Crippen molar-refractivity contribution in [1.29, 1.82) is 0 Å². The third-order valence-corrected chi connectivity index (χ3v) is 3.60.